The minimum atomic E-state index is -0.317. The number of rotatable bonds is 3. The van der Waals surface area contributed by atoms with Gasteiger partial charge in [-0.15, -0.1) is 0 Å². The minimum absolute atomic E-state index is 0.0908. The molecule has 0 aromatic heterocycles. The third-order valence-corrected chi connectivity index (χ3v) is 8.40. The predicted molar refractivity (Wildman–Crippen MR) is 165 cm³/mol. The molecule has 0 N–H and O–H groups in total. The van der Waals surface area contributed by atoms with Crippen LogP contribution in [0.1, 0.15) is 76.6 Å². The molecule has 0 heterocycles. The standard InChI is InChI=1S/C37H39N3/c1-36(2,3)31-10-15-33(16-11-31)40(34-17-12-32(13-18-34)37(4,5)6)35-14-9-25-7-8-26-19-29(23-38)30(24-39)21-27(26)20-28(25)22-35/h9-18,21-22,29H,7-8,19-20H2,1-6H3. The zero-order chi connectivity index (χ0) is 28.7. The van der Waals surface area contributed by atoms with Gasteiger partial charge in [0, 0.05) is 22.6 Å². The third kappa shape index (κ3) is 5.48. The molecule has 0 radical (unpaired) electrons. The largest absolute Gasteiger partial charge is 0.310 e. The van der Waals surface area contributed by atoms with Crippen LogP contribution in [0.15, 0.2) is 89.5 Å². The van der Waals surface area contributed by atoms with Gasteiger partial charge in [0.2, 0.25) is 0 Å². The number of nitrogens with zero attached hydrogens (tertiary/aromatic N) is 3. The molecule has 3 nitrogen and oxygen atoms in total. The van der Waals surface area contributed by atoms with E-state index >= 15 is 0 Å². The Morgan fingerprint density at radius 2 is 1.25 bits per heavy atom. The molecule has 0 fully saturated rings. The molecular weight excluding hydrogens is 486 g/mol. The molecule has 2 aliphatic carbocycles. The Hall–Kier alpha value is -4.08. The number of hydrogen-bond donors (Lipinski definition) is 0. The van der Waals surface area contributed by atoms with Gasteiger partial charge in [-0.3, -0.25) is 0 Å². The fraction of sp³-hybridized carbons (Fsp3) is 0.351. The highest BCUT2D eigenvalue weighted by Gasteiger charge is 2.26. The average molecular weight is 526 g/mol. The van der Waals surface area contributed by atoms with Crippen LogP contribution in [0, 0.1) is 28.6 Å². The molecule has 0 saturated heterocycles. The van der Waals surface area contributed by atoms with Gasteiger partial charge in [-0.25, -0.2) is 0 Å². The minimum Gasteiger partial charge on any atom is -0.310 e. The maximum atomic E-state index is 9.66. The normalized spacial score (nSPS) is 17.1. The zero-order valence-electron chi connectivity index (χ0n) is 24.7. The Bertz CT molecular complexity index is 1500. The second kappa shape index (κ2) is 10.5. The second-order valence-electron chi connectivity index (χ2n) is 13.3. The number of fused-ring (bicyclic) bond motifs is 1. The van der Waals surface area contributed by atoms with Gasteiger partial charge in [0.05, 0.1) is 18.1 Å². The summed E-state index contributed by atoms with van der Waals surface area (Å²) in [4.78, 5) is 2.35. The fourth-order valence-electron chi connectivity index (χ4n) is 5.86. The van der Waals surface area contributed by atoms with Crippen LogP contribution in [-0.4, -0.2) is 0 Å². The molecule has 0 bridgehead atoms. The van der Waals surface area contributed by atoms with Gasteiger partial charge in [0.1, 0.15) is 0 Å². The molecule has 2 aliphatic rings. The van der Waals surface area contributed by atoms with E-state index in [1.807, 2.05) is 6.08 Å². The van der Waals surface area contributed by atoms with E-state index in [4.69, 9.17) is 0 Å². The molecule has 3 aromatic rings. The van der Waals surface area contributed by atoms with Crippen molar-refractivity contribution in [1.82, 2.24) is 0 Å². The Morgan fingerprint density at radius 3 is 1.75 bits per heavy atom. The van der Waals surface area contributed by atoms with Crippen molar-refractivity contribution in [3.63, 3.8) is 0 Å². The molecule has 1 atom stereocenters. The smallest absolute Gasteiger partial charge is 0.0961 e. The number of allylic oxidation sites excluding steroid dienone is 4. The summed E-state index contributed by atoms with van der Waals surface area (Å²) in [5.41, 5.74) is 12.0. The first-order valence-electron chi connectivity index (χ1n) is 14.3. The lowest BCUT2D eigenvalue weighted by Gasteiger charge is -2.28. The molecule has 5 rings (SSSR count). The number of aryl methyl sites for hydroxylation is 1. The van der Waals surface area contributed by atoms with E-state index in [-0.39, 0.29) is 16.7 Å². The van der Waals surface area contributed by atoms with Crippen molar-refractivity contribution >= 4 is 17.1 Å². The predicted octanol–water partition coefficient (Wildman–Crippen LogP) is 9.53. The highest BCUT2D eigenvalue weighted by Crippen LogP contribution is 2.41. The second-order valence-corrected chi connectivity index (χ2v) is 13.3. The molecular formula is C37H39N3. The van der Waals surface area contributed by atoms with Crippen molar-refractivity contribution in [2.75, 3.05) is 4.90 Å². The molecule has 0 aliphatic heterocycles. The SMILES string of the molecule is CC(C)(C)c1ccc(N(c2ccc(C(C)(C)C)cc2)c2ccc3c(c2)CC2=C(CC3)CC(C#N)C(C#N)=C2)cc1. The van der Waals surface area contributed by atoms with E-state index in [2.05, 4.69) is 125 Å². The van der Waals surface area contributed by atoms with E-state index in [9.17, 15) is 10.5 Å². The van der Waals surface area contributed by atoms with Crippen LogP contribution < -0.4 is 4.90 Å². The van der Waals surface area contributed by atoms with Crippen LogP contribution in [0.3, 0.4) is 0 Å². The van der Waals surface area contributed by atoms with E-state index in [0.29, 0.717) is 12.0 Å². The van der Waals surface area contributed by atoms with Gasteiger partial charge >= 0.3 is 0 Å². The van der Waals surface area contributed by atoms with Crippen LogP contribution in [-0.2, 0) is 23.7 Å². The maximum absolute atomic E-state index is 9.66. The Morgan fingerprint density at radius 1 is 0.700 bits per heavy atom. The van der Waals surface area contributed by atoms with Crippen molar-refractivity contribution in [3.8, 4) is 12.1 Å². The lowest BCUT2D eigenvalue weighted by atomic mass is 9.82. The monoisotopic (exact) mass is 525 g/mol. The zero-order valence-corrected chi connectivity index (χ0v) is 24.7. The van der Waals surface area contributed by atoms with Crippen molar-refractivity contribution in [2.45, 2.75) is 78.1 Å². The first-order valence-corrected chi connectivity index (χ1v) is 14.3. The highest BCUT2D eigenvalue weighted by molar-refractivity contribution is 5.77. The molecule has 0 amide bonds. The highest BCUT2D eigenvalue weighted by atomic mass is 15.1. The van der Waals surface area contributed by atoms with Crippen LogP contribution in [0.25, 0.3) is 0 Å². The van der Waals surface area contributed by atoms with Crippen molar-refractivity contribution in [2.24, 2.45) is 5.92 Å². The van der Waals surface area contributed by atoms with E-state index < -0.39 is 0 Å². The molecule has 1 unspecified atom stereocenters. The van der Waals surface area contributed by atoms with Gasteiger partial charge in [0.25, 0.3) is 0 Å². The van der Waals surface area contributed by atoms with Gasteiger partial charge < -0.3 is 4.90 Å². The van der Waals surface area contributed by atoms with Crippen molar-refractivity contribution in [3.05, 3.63) is 112 Å². The molecule has 202 valence electrons. The van der Waals surface area contributed by atoms with E-state index in [1.165, 1.54) is 33.4 Å². The fourth-order valence-corrected chi connectivity index (χ4v) is 5.86. The lowest BCUT2D eigenvalue weighted by molar-refractivity contribution is 0.590. The van der Waals surface area contributed by atoms with Gasteiger partial charge in [-0.05, 0) is 107 Å². The summed E-state index contributed by atoms with van der Waals surface area (Å²) >= 11 is 0. The van der Waals surface area contributed by atoms with Crippen LogP contribution in [0.4, 0.5) is 17.1 Å². The van der Waals surface area contributed by atoms with Crippen molar-refractivity contribution < 1.29 is 0 Å². The Kier molecular flexibility index (Phi) is 7.20. The lowest BCUT2D eigenvalue weighted by Crippen LogP contribution is -2.14. The summed E-state index contributed by atoms with van der Waals surface area (Å²) in [6.07, 6.45) is 5.37. The molecule has 40 heavy (non-hydrogen) atoms. The number of hydrogen-bond acceptors (Lipinski definition) is 3. The summed E-state index contributed by atoms with van der Waals surface area (Å²) in [5, 5.41) is 19.3. The third-order valence-electron chi connectivity index (χ3n) is 8.40. The number of nitriles is 2. The summed E-state index contributed by atoms with van der Waals surface area (Å²) in [7, 11) is 0. The van der Waals surface area contributed by atoms with Crippen LogP contribution >= 0.6 is 0 Å². The van der Waals surface area contributed by atoms with Gasteiger partial charge in [-0.1, -0.05) is 77.4 Å². The average Bonchev–Trinajstić information content (AvgIpc) is 3.10. The summed E-state index contributed by atoms with van der Waals surface area (Å²) < 4.78 is 0. The Labute approximate surface area is 240 Å². The number of anilines is 3. The van der Waals surface area contributed by atoms with Crippen LogP contribution in [0.2, 0.25) is 0 Å². The summed E-state index contributed by atoms with van der Waals surface area (Å²) in [6, 6.07) is 29.4. The van der Waals surface area contributed by atoms with E-state index in [0.717, 1.165) is 36.3 Å². The molecule has 0 spiro atoms. The van der Waals surface area contributed by atoms with Crippen LogP contribution in [0.5, 0.6) is 0 Å². The first-order chi connectivity index (χ1) is 19.0. The number of benzene rings is 3. The quantitative estimate of drug-likeness (QED) is 0.342. The van der Waals surface area contributed by atoms with Crippen molar-refractivity contribution in [1.29, 1.82) is 10.5 Å². The first kappa shape index (κ1) is 27.5. The van der Waals surface area contributed by atoms with Gasteiger partial charge in [0.15, 0.2) is 0 Å². The summed E-state index contributed by atoms with van der Waals surface area (Å²) in [6.45, 7) is 13.5. The molecule has 3 aromatic carbocycles. The molecule has 0 saturated carbocycles. The summed E-state index contributed by atoms with van der Waals surface area (Å²) in [5.74, 6) is -0.317. The van der Waals surface area contributed by atoms with Gasteiger partial charge in [-0.2, -0.15) is 10.5 Å². The Balaban J connectivity index is 1.58. The topological polar surface area (TPSA) is 50.8 Å². The molecule has 3 heteroatoms. The van der Waals surface area contributed by atoms with E-state index in [1.54, 1.807) is 0 Å². The maximum Gasteiger partial charge on any atom is 0.0961 e.